The van der Waals surface area contributed by atoms with E-state index in [1.165, 1.54) is 29.3 Å². The third-order valence-electron chi connectivity index (χ3n) is 6.69. The van der Waals surface area contributed by atoms with Crippen molar-refractivity contribution in [3.8, 4) is 0 Å². The van der Waals surface area contributed by atoms with E-state index in [0.29, 0.717) is 15.8 Å². The van der Waals surface area contributed by atoms with Gasteiger partial charge in [-0.1, -0.05) is 65.7 Å². The van der Waals surface area contributed by atoms with Crippen molar-refractivity contribution in [1.82, 2.24) is 9.91 Å². The largest absolute Gasteiger partial charge is 0.339 e. The lowest BCUT2D eigenvalue weighted by Gasteiger charge is -2.26. The van der Waals surface area contributed by atoms with E-state index in [2.05, 4.69) is 4.40 Å². The second-order valence-corrected chi connectivity index (χ2v) is 13.6. The second kappa shape index (κ2) is 10.9. The molecule has 2 N–H and O–H groups in total. The number of nitrogens with zero attached hydrogens (tertiary/aromatic N) is 4. The maximum atomic E-state index is 13.4. The molecule has 0 amide bonds. The van der Waals surface area contributed by atoms with Gasteiger partial charge in [-0.05, 0) is 53.9 Å². The lowest BCUT2D eigenvalue weighted by molar-refractivity contribution is 0.376. The molecule has 2 atom stereocenters. The summed E-state index contributed by atoms with van der Waals surface area (Å²) < 4.78 is 55.2. The Morgan fingerprint density at radius 2 is 1.49 bits per heavy atom. The van der Waals surface area contributed by atoms with E-state index in [-0.39, 0.29) is 42.8 Å². The smallest absolute Gasteiger partial charge is 0.285 e. The highest BCUT2D eigenvalue weighted by atomic mass is 35.5. The maximum Gasteiger partial charge on any atom is 0.285 e. The quantitative estimate of drug-likeness (QED) is 0.347. The van der Waals surface area contributed by atoms with Gasteiger partial charge >= 0.3 is 0 Å². The number of rotatable bonds is 5. The van der Waals surface area contributed by atoms with E-state index in [1.54, 1.807) is 17.0 Å². The fourth-order valence-electron chi connectivity index (χ4n) is 4.67. The number of primary sulfonamides is 1. The lowest BCUT2D eigenvalue weighted by Crippen LogP contribution is -2.42. The average Bonchev–Trinajstić information content (AvgIpc) is 3.57. The number of likely N-dealkylation sites (tertiary alicyclic amines) is 1. The summed E-state index contributed by atoms with van der Waals surface area (Å²) in [6.45, 7) is 0.522. The molecule has 0 radical (unpaired) electrons. The van der Waals surface area contributed by atoms with Crippen LogP contribution in [0.5, 0.6) is 0 Å². The Labute approximate surface area is 237 Å². The number of guanidine groups is 1. The Bertz CT molecular complexity index is 1630. The Morgan fingerprint density at radius 1 is 0.872 bits per heavy atom. The molecule has 0 aliphatic carbocycles. The minimum atomic E-state index is -4.20. The Morgan fingerprint density at radius 3 is 2.08 bits per heavy atom. The van der Waals surface area contributed by atoms with Crippen LogP contribution in [0.2, 0.25) is 10.0 Å². The van der Waals surface area contributed by atoms with Gasteiger partial charge in [-0.3, -0.25) is 0 Å². The molecule has 0 aromatic heterocycles. The van der Waals surface area contributed by atoms with Gasteiger partial charge < -0.3 is 4.90 Å². The fourth-order valence-corrected chi connectivity index (χ4v) is 6.75. The molecular formula is C26H25Cl2N5O4S2. The highest BCUT2D eigenvalue weighted by Gasteiger charge is 2.39. The fraction of sp³-hybridized carbons (Fsp3) is 0.231. The molecule has 0 saturated carbocycles. The molecule has 1 saturated heterocycles. The van der Waals surface area contributed by atoms with E-state index in [1.807, 2.05) is 42.5 Å². The van der Waals surface area contributed by atoms with Gasteiger partial charge in [-0.2, -0.15) is 13.5 Å². The zero-order valence-electron chi connectivity index (χ0n) is 20.6. The molecule has 39 heavy (non-hydrogen) atoms. The van der Waals surface area contributed by atoms with E-state index in [9.17, 15) is 16.8 Å². The molecule has 9 nitrogen and oxygen atoms in total. The Hall–Kier alpha value is -2.96. The molecule has 3 aromatic carbocycles. The second-order valence-electron chi connectivity index (χ2n) is 9.30. The van der Waals surface area contributed by atoms with Crippen molar-refractivity contribution in [3.63, 3.8) is 0 Å². The van der Waals surface area contributed by atoms with Crippen molar-refractivity contribution in [2.24, 2.45) is 14.6 Å². The number of hydrogen-bond donors (Lipinski definition) is 1. The Balaban J connectivity index is 1.60. The summed E-state index contributed by atoms with van der Waals surface area (Å²) in [5.41, 5.74) is 2.51. The molecule has 13 heteroatoms. The van der Waals surface area contributed by atoms with Gasteiger partial charge in [0.15, 0.2) is 0 Å². The van der Waals surface area contributed by atoms with Crippen LogP contribution in [0, 0.1) is 0 Å². The van der Waals surface area contributed by atoms with Crippen LogP contribution >= 0.6 is 23.2 Å². The van der Waals surface area contributed by atoms with E-state index in [4.69, 9.17) is 33.4 Å². The first kappa shape index (κ1) is 27.6. The predicted octanol–water partition coefficient (Wildman–Crippen LogP) is 3.90. The summed E-state index contributed by atoms with van der Waals surface area (Å²) in [5, 5.41) is 11.9. The first-order valence-corrected chi connectivity index (χ1v) is 15.9. The molecule has 1 fully saturated rings. The molecule has 204 valence electrons. The van der Waals surface area contributed by atoms with Crippen LogP contribution in [0.25, 0.3) is 0 Å². The number of sulfonamides is 2. The topological polar surface area (TPSA) is 126 Å². The van der Waals surface area contributed by atoms with Gasteiger partial charge in [0.2, 0.25) is 16.0 Å². The van der Waals surface area contributed by atoms with Crippen molar-refractivity contribution in [3.05, 3.63) is 100 Å². The maximum absolute atomic E-state index is 13.4. The zero-order chi connectivity index (χ0) is 27.8. The van der Waals surface area contributed by atoms with Crippen LogP contribution in [0.3, 0.4) is 0 Å². The van der Waals surface area contributed by atoms with E-state index >= 15 is 0 Å². The number of halogens is 2. The molecule has 0 spiro atoms. The summed E-state index contributed by atoms with van der Waals surface area (Å²) in [4.78, 5) is 1.56. The standard InChI is InChI=1S/C26H25Cl2N5O4S2/c27-20-8-6-19(7-9-20)25-24(18-4-2-1-3-5-18)17-33(30-25)26(32-15-14-23(16-32)38(29,34)35)31-39(36,37)22-12-10-21(28)11-13-22/h1-13,23-24H,14-17H2,(H2,29,34,35)/t23?,24-/m1/s1. The number of hydrogen-bond acceptors (Lipinski definition) is 5. The lowest BCUT2D eigenvalue weighted by atomic mass is 9.91. The van der Waals surface area contributed by atoms with Crippen molar-refractivity contribution < 1.29 is 16.8 Å². The summed E-state index contributed by atoms with van der Waals surface area (Å²) in [6, 6.07) is 22.6. The van der Waals surface area contributed by atoms with E-state index < -0.39 is 25.3 Å². The monoisotopic (exact) mass is 605 g/mol. The molecule has 2 aliphatic rings. The molecule has 2 heterocycles. The molecular weight excluding hydrogens is 581 g/mol. The van der Waals surface area contributed by atoms with Crippen LogP contribution in [0.15, 0.2) is 93.3 Å². The minimum Gasteiger partial charge on any atom is -0.339 e. The number of hydrazone groups is 1. The summed E-state index contributed by atoms with van der Waals surface area (Å²) in [5.74, 6) is -0.187. The molecule has 5 rings (SSSR count). The van der Waals surface area contributed by atoms with Gasteiger partial charge in [0.25, 0.3) is 10.0 Å². The summed E-state index contributed by atoms with van der Waals surface area (Å²) in [7, 11) is -8.03. The third kappa shape index (κ3) is 6.12. The van der Waals surface area contributed by atoms with Crippen molar-refractivity contribution in [2.75, 3.05) is 19.6 Å². The van der Waals surface area contributed by atoms with Gasteiger partial charge in [0.05, 0.1) is 22.4 Å². The molecule has 2 aliphatic heterocycles. The van der Waals surface area contributed by atoms with Gasteiger partial charge in [-0.25, -0.2) is 18.6 Å². The van der Waals surface area contributed by atoms with Crippen molar-refractivity contribution in [2.45, 2.75) is 22.5 Å². The van der Waals surface area contributed by atoms with E-state index in [0.717, 1.165) is 11.1 Å². The first-order chi connectivity index (χ1) is 18.5. The third-order valence-corrected chi connectivity index (χ3v) is 9.78. The minimum absolute atomic E-state index is 0.00783. The van der Waals surface area contributed by atoms with Crippen LogP contribution in [-0.4, -0.2) is 63.3 Å². The van der Waals surface area contributed by atoms with Gasteiger partial charge in [-0.15, -0.1) is 4.40 Å². The molecule has 1 unspecified atom stereocenters. The molecule has 0 bridgehead atoms. The molecule has 3 aromatic rings. The highest BCUT2D eigenvalue weighted by molar-refractivity contribution is 7.90. The van der Waals surface area contributed by atoms with Crippen LogP contribution < -0.4 is 5.14 Å². The first-order valence-electron chi connectivity index (χ1n) is 12.1. The number of benzene rings is 3. The SMILES string of the molecule is NS(=O)(=O)C1CCN(C(=NS(=O)(=O)c2ccc(Cl)cc2)N2C[C@H](c3ccccc3)C(c3ccc(Cl)cc3)=N2)C1. The van der Waals surface area contributed by atoms with Crippen molar-refractivity contribution in [1.29, 1.82) is 0 Å². The van der Waals surface area contributed by atoms with Gasteiger partial charge in [0, 0.05) is 29.1 Å². The Kier molecular flexibility index (Phi) is 7.71. The van der Waals surface area contributed by atoms with Crippen LogP contribution in [0.1, 0.15) is 23.5 Å². The highest BCUT2D eigenvalue weighted by Crippen LogP contribution is 2.31. The van der Waals surface area contributed by atoms with Crippen LogP contribution in [0.4, 0.5) is 0 Å². The zero-order valence-corrected chi connectivity index (χ0v) is 23.7. The van der Waals surface area contributed by atoms with Gasteiger partial charge in [0.1, 0.15) is 0 Å². The average molecular weight is 607 g/mol. The summed E-state index contributed by atoms with van der Waals surface area (Å²) >= 11 is 12.1. The predicted molar refractivity (Wildman–Crippen MR) is 153 cm³/mol. The van der Waals surface area contributed by atoms with Crippen molar-refractivity contribution >= 4 is 54.9 Å². The van der Waals surface area contributed by atoms with Crippen LogP contribution in [-0.2, 0) is 20.0 Å². The normalized spacial score (nSPS) is 20.4. The number of nitrogens with two attached hydrogens (primary N) is 1. The summed E-state index contributed by atoms with van der Waals surface area (Å²) in [6.07, 6.45) is 0.239.